The number of hydrogen-bond donors (Lipinski definition) is 4. The molecule has 0 spiro atoms. The number of aliphatic hydroxyl groups excluding tert-OH is 4. The maximum absolute atomic E-state index is 12.6. The third-order valence-corrected chi connectivity index (χ3v) is 8.53. The van der Waals surface area contributed by atoms with Crippen LogP contribution in [0.5, 0.6) is 0 Å². The van der Waals surface area contributed by atoms with E-state index < -0.39 is 55.4 Å². The zero-order chi connectivity index (χ0) is 36.0. The summed E-state index contributed by atoms with van der Waals surface area (Å²) < 4.78 is 21.9. The summed E-state index contributed by atoms with van der Waals surface area (Å²) in [5.74, 6) is -0.842. The molecule has 4 N–H and O–H groups in total. The van der Waals surface area contributed by atoms with Gasteiger partial charge in [0, 0.05) is 12.8 Å². The van der Waals surface area contributed by atoms with Gasteiger partial charge in [0.1, 0.15) is 31.0 Å². The number of ether oxygens (including phenoxy) is 4. The number of esters is 2. The second-order valence-electron chi connectivity index (χ2n) is 13.0. The van der Waals surface area contributed by atoms with Gasteiger partial charge in [-0.2, -0.15) is 0 Å². The van der Waals surface area contributed by atoms with Crippen LogP contribution in [0.2, 0.25) is 0 Å². The molecule has 0 aromatic carbocycles. The fraction of sp³-hybridized carbons (Fsp3) is 0.795. The molecule has 2 unspecified atom stereocenters. The first-order valence-corrected chi connectivity index (χ1v) is 19.1. The summed E-state index contributed by atoms with van der Waals surface area (Å²) in [7, 11) is 0. The van der Waals surface area contributed by atoms with E-state index in [-0.39, 0.29) is 26.1 Å². The molecule has 0 saturated carbocycles. The second kappa shape index (κ2) is 30.7. The van der Waals surface area contributed by atoms with Gasteiger partial charge in [0.25, 0.3) is 0 Å². The van der Waals surface area contributed by atoms with Crippen LogP contribution in [-0.2, 0) is 28.5 Å². The largest absolute Gasteiger partial charge is 0.462 e. The van der Waals surface area contributed by atoms with Crippen molar-refractivity contribution in [3.05, 3.63) is 36.5 Å². The van der Waals surface area contributed by atoms with E-state index in [1.54, 1.807) is 0 Å². The standard InChI is InChI=1S/C39H68O10/c1-3-5-7-9-11-12-13-14-15-16-17-18-19-20-22-23-25-27-34(41)46-30-32(48-35(42)28-26-24-21-10-8-6-4-2)31-47-39-38(45)37(44)36(43)33(29-40)49-39/h11-12,14-15,17-18,32-33,36-40,43-45H,3-10,13,16,19-31H2,1-2H3/b12-11+,15-14+,18-17+/t32-,33-,36+,37?,38?,39-/m0/s1. The highest BCUT2D eigenvalue weighted by Gasteiger charge is 2.44. The predicted octanol–water partition coefficient (Wildman–Crippen LogP) is 6.77. The average Bonchev–Trinajstić information content (AvgIpc) is 3.10. The van der Waals surface area contributed by atoms with E-state index in [0.29, 0.717) is 12.8 Å². The van der Waals surface area contributed by atoms with Crippen LogP contribution in [0.3, 0.4) is 0 Å². The van der Waals surface area contributed by atoms with Crippen LogP contribution >= 0.6 is 0 Å². The molecule has 10 nitrogen and oxygen atoms in total. The molecule has 1 aliphatic heterocycles. The Morgan fingerprint density at radius 2 is 1.14 bits per heavy atom. The summed E-state index contributed by atoms with van der Waals surface area (Å²) in [6, 6.07) is 0. The molecule has 1 aliphatic rings. The van der Waals surface area contributed by atoms with Crippen LogP contribution < -0.4 is 0 Å². The summed E-state index contributed by atoms with van der Waals surface area (Å²) >= 11 is 0. The quantitative estimate of drug-likeness (QED) is 0.0360. The van der Waals surface area contributed by atoms with Crippen molar-refractivity contribution in [2.75, 3.05) is 19.8 Å². The number of carbonyl (C=O) groups excluding carboxylic acids is 2. The molecule has 0 bridgehead atoms. The van der Waals surface area contributed by atoms with Crippen LogP contribution in [0.25, 0.3) is 0 Å². The van der Waals surface area contributed by atoms with Gasteiger partial charge in [0.2, 0.25) is 0 Å². The van der Waals surface area contributed by atoms with Gasteiger partial charge in [-0.05, 0) is 51.4 Å². The first-order chi connectivity index (χ1) is 23.8. The average molecular weight is 697 g/mol. The van der Waals surface area contributed by atoms with Crippen LogP contribution in [0.1, 0.15) is 142 Å². The first-order valence-electron chi connectivity index (χ1n) is 19.1. The maximum Gasteiger partial charge on any atom is 0.306 e. The molecule has 1 heterocycles. The highest BCUT2D eigenvalue weighted by molar-refractivity contribution is 5.70. The van der Waals surface area contributed by atoms with Crippen molar-refractivity contribution in [3.8, 4) is 0 Å². The molecule has 0 aromatic heterocycles. The van der Waals surface area contributed by atoms with E-state index in [2.05, 4.69) is 50.3 Å². The van der Waals surface area contributed by atoms with Crippen LogP contribution in [0.4, 0.5) is 0 Å². The molecule has 6 atom stereocenters. The minimum Gasteiger partial charge on any atom is -0.462 e. The van der Waals surface area contributed by atoms with Crippen molar-refractivity contribution in [3.63, 3.8) is 0 Å². The Morgan fingerprint density at radius 3 is 1.76 bits per heavy atom. The Balaban J connectivity index is 2.37. The normalized spacial score (nSPS) is 22.0. The van der Waals surface area contributed by atoms with Crippen molar-refractivity contribution >= 4 is 11.9 Å². The number of carbonyl (C=O) groups is 2. The Labute approximate surface area is 295 Å². The molecular weight excluding hydrogens is 628 g/mol. The van der Waals surface area contributed by atoms with Gasteiger partial charge in [0.15, 0.2) is 12.4 Å². The van der Waals surface area contributed by atoms with E-state index in [1.165, 1.54) is 44.9 Å². The van der Waals surface area contributed by atoms with Gasteiger partial charge in [-0.3, -0.25) is 9.59 Å². The lowest BCUT2D eigenvalue weighted by Gasteiger charge is -2.39. The van der Waals surface area contributed by atoms with E-state index >= 15 is 0 Å². The Hall–Kier alpha value is -2.08. The summed E-state index contributed by atoms with van der Waals surface area (Å²) in [4.78, 5) is 25.0. The predicted molar refractivity (Wildman–Crippen MR) is 192 cm³/mol. The number of aliphatic hydroxyl groups is 4. The lowest BCUT2D eigenvalue weighted by atomic mass is 9.99. The molecular formula is C39H68O10. The van der Waals surface area contributed by atoms with E-state index in [9.17, 15) is 30.0 Å². The van der Waals surface area contributed by atoms with Gasteiger partial charge < -0.3 is 39.4 Å². The van der Waals surface area contributed by atoms with E-state index in [1.807, 2.05) is 0 Å². The Bertz CT molecular complexity index is 902. The maximum atomic E-state index is 12.6. The summed E-state index contributed by atoms with van der Waals surface area (Å²) in [5, 5.41) is 39.8. The van der Waals surface area contributed by atoms with Gasteiger partial charge in [-0.25, -0.2) is 0 Å². The van der Waals surface area contributed by atoms with Crippen molar-refractivity contribution in [2.45, 2.75) is 179 Å². The SMILES string of the molecule is CCCCC/C=C/C/C=C/C/C=C/CCCCCCC(=O)OC[C@@H](CO[C@H]1O[C@@H](CO)[C@@H](O)C(O)C1O)OC(=O)CCCCCCCCC. The summed E-state index contributed by atoms with van der Waals surface area (Å²) in [6.07, 6.45) is 24.6. The van der Waals surface area contributed by atoms with E-state index in [4.69, 9.17) is 18.9 Å². The first kappa shape index (κ1) is 44.9. The topological polar surface area (TPSA) is 152 Å². The molecule has 0 radical (unpaired) electrons. The second-order valence-corrected chi connectivity index (χ2v) is 13.0. The molecule has 0 aliphatic carbocycles. The molecule has 1 saturated heterocycles. The number of hydrogen-bond acceptors (Lipinski definition) is 10. The molecule has 284 valence electrons. The molecule has 0 amide bonds. The Kier molecular flexibility index (Phi) is 28.2. The van der Waals surface area contributed by atoms with Crippen LogP contribution in [-0.4, -0.2) is 89.0 Å². The minimum absolute atomic E-state index is 0.223. The molecule has 10 heteroatoms. The van der Waals surface area contributed by atoms with Crippen molar-refractivity contribution < 1.29 is 49.0 Å². The number of allylic oxidation sites excluding steroid dienone is 6. The third kappa shape index (κ3) is 23.1. The van der Waals surface area contributed by atoms with Gasteiger partial charge in [-0.1, -0.05) is 115 Å². The zero-order valence-electron chi connectivity index (χ0n) is 30.4. The molecule has 49 heavy (non-hydrogen) atoms. The minimum atomic E-state index is -1.59. The van der Waals surface area contributed by atoms with Gasteiger partial charge >= 0.3 is 11.9 Å². The summed E-state index contributed by atoms with van der Waals surface area (Å²) in [6.45, 7) is 3.29. The van der Waals surface area contributed by atoms with Crippen molar-refractivity contribution in [1.82, 2.24) is 0 Å². The van der Waals surface area contributed by atoms with Crippen molar-refractivity contribution in [2.24, 2.45) is 0 Å². The zero-order valence-corrected chi connectivity index (χ0v) is 30.4. The molecule has 1 fully saturated rings. The van der Waals surface area contributed by atoms with Gasteiger partial charge in [0.05, 0.1) is 13.2 Å². The number of rotatable bonds is 30. The lowest BCUT2D eigenvalue weighted by Crippen LogP contribution is -2.59. The summed E-state index contributed by atoms with van der Waals surface area (Å²) in [5.41, 5.74) is 0. The molecule has 0 aromatic rings. The number of unbranched alkanes of at least 4 members (excludes halogenated alkanes) is 13. The van der Waals surface area contributed by atoms with Gasteiger partial charge in [-0.15, -0.1) is 0 Å². The smallest absolute Gasteiger partial charge is 0.306 e. The fourth-order valence-corrected chi connectivity index (χ4v) is 5.43. The fourth-order valence-electron chi connectivity index (χ4n) is 5.43. The highest BCUT2D eigenvalue weighted by Crippen LogP contribution is 2.22. The van der Waals surface area contributed by atoms with E-state index in [0.717, 1.165) is 57.8 Å². The third-order valence-electron chi connectivity index (χ3n) is 8.53. The molecule has 1 rings (SSSR count). The van der Waals surface area contributed by atoms with Crippen LogP contribution in [0.15, 0.2) is 36.5 Å². The monoisotopic (exact) mass is 696 g/mol. The lowest BCUT2D eigenvalue weighted by molar-refractivity contribution is -0.305. The van der Waals surface area contributed by atoms with Crippen LogP contribution in [0, 0.1) is 0 Å². The van der Waals surface area contributed by atoms with Crippen molar-refractivity contribution in [1.29, 1.82) is 0 Å². The highest BCUT2D eigenvalue weighted by atomic mass is 16.7. The Morgan fingerprint density at radius 1 is 0.633 bits per heavy atom.